The summed E-state index contributed by atoms with van der Waals surface area (Å²) in [5, 5.41) is 4.40. The molecule has 2 aromatic rings. The number of nitrogens with one attached hydrogen (secondary N) is 1. The Hall–Kier alpha value is -1.75. The van der Waals surface area contributed by atoms with Crippen LogP contribution in [-0.2, 0) is 11.3 Å². The third-order valence-electron chi connectivity index (χ3n) is 4.81. The first-order chi connectivity index (χ1) is 13.1. The van der Waals surface area contributed by atoms with Gasteiger partial charge in [0, 0.05) is 39.8 Å². The molecule has 0 spiro atoms. The highest BCUT2D eigenvalue weighted by atomic mass is 35.5. The molecule has 0 atom stereocenters. The van der Waals surface area contributed by atoms with Gasteiger partial charge in [-0.3, -0.25) is 9.69 Å². The third kappa shape index (κ3) is 5.38. The molecule has 1 aliphatic heterocycles. The summed E-state index contributed by atoms with van der Waals surface area (Å²) in [7, 11) is 0. The number of piperidine rings is 1. The van der Waals surface area contributed by atoms with E-state index in [2.05, 4.69) is 10.2 Å². The average Bonchev–Trinajstić information content (AvgIpc) is 2.66. The van der Waals surface area contributed by atoms with Gasteiger partial charge < -0.3 is 10.1 Å². The lowest BCUT2D eigenvalue weighted by atomic mass is 9.95. The molecule has 1 N–H and O–H groups in total. The van der Waals surface area contributed by atoms with E-state index in [4.69, 9.17) is 27.9 Å². The zero-order valence-electron chi connectivity index (χ0n) is 15.4. The molecule has 1 aliphatic rings. The largest absolute Gasteiger partial charge is 0.494 e. The van der Waals surface area contributed by atoms with Gasteiger partial charge in [0.05, 0.1) is 6.61 Å². The second kappa shape index (κ2) is 9.45. The van der Waals surface area contributed by atoms with Crippen molar-refractivity contribution >= 4 is 34.8 Å². The van der Waals surface area contributed by atoms with Gasteiger partial charge in [-0.2, -0.15) is 0 Å². The van der Waals surface area contributed by atoms with Gasteiger partial charge in [0.25, 0.3) is 0 Å². The monoisotopic (exact) mass is 406 g/mol. The van der Waals surface area contributed by atoms with Gasteiger partial charge in [0.1, 0.15) is 5.75 Å². The Bertz CT molecular complexity index is 769. The van der Waals surface area contributed by atoms with Crippen molar-refractivity contribution in [1.29, 1.82) is 0 Å². The maximum Gasteiger partial charge on any atom is 0.227 e. The fourth-order valence-electron chi connectivity index (χ4n) is 3.33. The molecule has 3 rings (SSSR count). The molecule has 1 saturated heterocycles. The van der Waals surface area contributed by atoms with Crippen LogP contribution < -0.4 is 10.1 Å². The number of anilines is 1. The lowest BCUT2D eigenvalue weighted by molar-refractivity contribution is -0.121. The van der Waals surface area contributed by atoms with Crippen molar-refractivity contribution in [2.45, 2.75) is 26.3 Å². The number of ether oxygens (including phenoxy) is 1. The number of carbonyl (C=O) groups excluding carboxylic acids is 1. The molecule has 2 aromatic carbocycles. The standard InChI is InChI=1S/C21H24Cl2N2O2/c1-2-27-17-6-3-5-16(13-17)24-21(26)15-9-11-25(12-10-15)14-18-19(22)7-4-8-20(18)23/h3-8,13,15H,2,9-12,14H2,1H3,(H,24,26). The molecule has 1 amide bonds. The number of rotatable bonds is 6. The minimum Gasteiger partial charge on any atom is -0.494 e. The minimum atomic E-state index is 0.0127. The summed E-state index contributed by atoms with van der Waals surface area (Å²) in [4.78, 5) is 14.9. The summed E-state index contributed by atoms with van der Waals surface area (Å²) in [6, 6.07) is 13.1. The number of benzene rings is 2. The topological polar surface area (TPSA) is 41.6 Å². The zero-order valence-corrected chi connectivity index (χ0v) is 16.9. The number of halogens is 2. The first-order valence-corrected chi connectivity index (χ1v) is 10.0. The number of likely N-dealkylation sites (tertiary alicyclic amines) is 1. The molecular weight excluding hydrogens is 383 g/mol. The van der Waals surface area contributed by atoms with Crippen LogP contribution in [0.3, 0.4) is 0 Å². The highest BCUT2D eigenvalue weighted by molar-refractivity contribution is 6.35. The van der Waals surface area contributed by atoms with Crippen molar-refractivity contribution in [2.75, 3.05) is 25.0 Å². The number of nitrogens with zero attached hydrogens (tertiary/aromatic N) is 1. The Morgan fingerprint density at radius 3 is 2.48 bits per heavy atom. The van der Waals surface area contributed by atoms with Crippen molar-refractivity contribution in [1.82, 2.24) is 4.90 Å². The van der Waals surface area contributed by atoms with Crippen molar-refractivity contribution < 1.29 is 9.53 Å². The van der Waals surface area contributed by atoms with Crippen molar-refractivity contribution in [2.24, 2.45) is 5.92 Å². The Labute approximate surface area is 170 Å². The van der Waals surface area contributed by atoms with Gasteiger partial charge in [0.2, 0.25) is 5.91 Å². The lowest BCUT2D eigenvalue weighted by Crippen LogP contribution is -2.37. The van der Waals surface area contributed by atoms with Gasteiger partial charge in [-0.05, 0) is 57.1 Å². The number of carbonyl (C=O) groups is 1. The van der Waals surface area contributed by atoms with E-state index >= 15 is 0 Å². The fourth-order valence-corrected chi connectivity index (χ4v) is 3.85. The average molecular weight is 407 g/mol. The van der Waals surface area contributed by atoms with Crippen LogP contribution in [0, 0.1) is 5.92 Å². The van der Waals surface area contributed by atoms with Crippen molar-refractivity contribution in [3.05, 3.63) is 58.1 Å². The molecule has 4 nitrogen and oxygen atoms in total. The Morgan fingerprint density at radius 1 is 1.15 bits per heavy atom. The van der Waals surface area contributed by atoms with Crippen LogP contribution in [0.4, 0.5) is 5.69 Å². The van der Waals surface area contributed by atoms with Crippen LogP contribution in [0.15, 0.2) is 42.5 Å². The van der Waals surface area contributed by atoms with Crippen LogP contribution in [0.1, 0.15) is 25.3 Å². The van der Waals surface area contributed by atoms with E-state index in [9.17, 15) is 4.79 Å². The molecule has 0 radical (unpaired) electrons. The first-order valence-electron chi connectivity index (χ1n) is 9.25. The highest BCUT2D eigenvalue weighted by Gasteiger charge is 2.25. The quantitative estimate of drug-likeness (QED) is 0.712. The van der Waals surface area contributed by atoms with Crippen LogP contribution >= 0.6 is 23.2 Å². The summed E-state index contributed by atoms with van der Waals surface area (Å²) in [6.45, 7) is 4.95. The summed E-state index contributed by atoms with van der Waals surface area (Å²) in [6.07, 6.45) is 1.64. The van der Waals surface area contributed by atoms with Crippen molar-refractivity contribution in [3.63, 3.8) is 0 Å². The lowest BCUT2D eigenvalue weighted by Gasteiger charge is -2.31. The van der Waals surface area contributed by atoms with Crippen LogP contribution in [0.5, 0.6) is 5.75 Å². The predicted molar refractivity (Wildman–Crippen MR) is 111 cm³/mol. The fraction of sp³-hybridized carbons (Fsp3) is 0.381. The van der Waals surface area contributed by atoms with Gasteiger partial charge >= 0.3 is 0 Å². The SMILES string of the molecule is CCOc1cccc(NC(=O)C2CCN(Cc3c(Cl)cccc3Cl)CC2)c1. The molecule has 0 bridgehead atoms. The van der Waals surface area contributed by atoms with Crippen molar-refractivity contribution in [3.8, 4) is 5.75 Å². The number of amides is 1. The zero-order chi connectivity index (χ0) is 19.2. The van der Waals surface area contributed by atoms with E-state index in [0.29, 0.717) is 23.2 Å². The maximum atomic E-state index is 12.6. The molecular formula is C21H24Cl2N2O2. The van der Waals surface area contributed by atoms with E-state index in [1.165, 1.54) is 0 Å². The molecule has 0 aromatic heterocycles. The highest BCUT2D eigenvalue weighted by Crippen LogP contribution is 2.28. The Morgan fingerprint density at radius 2 is 1.81 bits per heavy atom. The van der Waals surface area contributed by atoms with E-state index in [0.717, 1.165) is 42.9 Å². The van der Waals surface area contributed by atoms with E-state index in [1.54, 1.807) is 0 Å². The predicted octanol–water partition coefficient (Wildman–Crippen LogP) is 5.24. The van der Waals surface area contributed by atoms with Gasteiger partial charge in [-0.15, -0.1) is 0 Å². The molecule has 1 heterocycles. The molecule has 0 aliphatic carbocycles. The van der Waals surface area contributed by atoms with Crippen LogP contribution in [0.25, 0.3) is 0 Å². The normalized spacial score (nSPS) is 15.5. The molecule has 144 valence electrons. The van der Waals surface area contributed by atoms with Gasteiger partial charge in [-0.25, -0.2) is 0 Å². The molecule has 0 unspecified atom stereocenters. The second-order valence-corrected chi connectivity index (χ2v) is 7.52. The Balaban J connectivity index is 1.53. The molecule has 27 heavy (non-hydrogen) atoms. The molecule has 1 fully saturated rings. The summed E-state index contributed by atoms with van der Waals surface area (Å²) in [5.74, 6) is 0.847. The van der Waals surface area contributed by atoms with E-state index < -0.39 is 0 Å². The van der Waals surface area contributed by atoms with E-state index in [1.807, 2.05) is 49.4 Å². The second-order valence-electron chi connectivity index (χ2n) is 6.70. The Kier molecular flexibility index (Phi) is 7.00. The van der Waals surface area contributed by atoms with E-state index in [-0.39, 0.29) is 11.8 Å². The summed E-state index contributed by atoms with van der Waals surface area (Å²) < 4.78 is 5.48. The number of hydrogen-bond acceptors (Lipinski definition) is 3. The smallest absolute Gasteiger partial charge is 0.227 e. The minimum absolute atomic E-state index is 0.0127. The first kappa shape index (κ1) is 20.0. The van der Waals surface area contributed by atoms with Gasteiger partial charge in [0.15, 0.2) is 0 Å². The molecule has 6 heteroatoms. The third-order valence-corrected chi connectivity index (χ3v) is 5.52. The summed E-state index contributed by atoms with van der Waals surface area (Å²) in [5.41, 5.74) is 1.73. The molecule has 0 saturated carbocycles. The summed E-state index contributed by atoms with van der Waals surface area (Å²) >= 11 is 12.5. The van der Waals surface area contributed by atoms with Crippen LogP contribution in [0.2, 0.25) is 10.0 Å². The number of hydrogen-bond donors (Lipinski definition) is 1. The van der Waals surface area contributed by atoms with Gasteiger partial charge in [-0.1, -0.05) is 35.3 Å². The van der Waals surface area contributed by atoms with Crippen LogP contribution in [-0.4, -0.2) is 30.5 Å². The maximum absolute atomic E-state index is 12.6.